The number of nitrogens with two attached hydrogens (primary N) is 1. The van der Waals surface area contributed by atoms with Crippen LogP contribution in [0.15, 0.2) is 28.7 Å². The minimum Gasteiger partial charge on any atom is -0.477 e. The second-order valence-electron chi connectivity index (χ2n) is 2.96. The highest BCUT2D eigenvalue weighted by Crippen LogP contribution is 2.30. The minimum atomic E-state index is -3.97. The number of hydrogen-bond donors (Lipinski definition) is 2. The lowest BCUT2D eigenvalue weighted by atomic mass is 10.0. The van der Waals surface area contributed by atoms with Gasteiger partial charge in [0.15, 0.2) is 0 Å². The second kappa shape index (κ2) is 4.24. The standard InChI is InChI=1S/C9H8BrF2NO2/c10-6-3-1-2-5(4-6)7(13)9(11,12)8(14)15/h1-4,7H,13H2,(H,14,15). The molecule has 0 spiro atoms. The van der Waals surface area contributed by atoms with E-state index in [-0.39, 0.29) is 5.56 Å². The van der Waals surface area contributed by atoms with Gasteiger partial charge in [0.1, 0.15) is 6.04 Å². The molecule has 1 atom stereocenters. The summed E-state index contributed by atoms with van der Waals surface area (Å²) in [5, 5.41) is 8.30. The van der Waals surface area contributed by atoms with Gasteiger partial charge in [0, 0.05) is 4.47 Å². The smallest absolute Gasteiger partial charge is 0.376 e. The number of halogens is 3. The normalized spacial score (nSPS) is 13.6. The van der Waals surface area contributed by atoms with Crippen molar-refractivity contribution in [2.24, 2.45) is 5.73 Å². The van der Waals surface area contributed by atoms with Gasteiger partial charge in [-0.3, -0.25) is 0 Å². The van der Waals surface area contributed by atoms with Crippen LogP contribution in [0.4, 0.5) is 8.78 Å². The summed E-state index contributed by atoms with van der Waals surface area (Å²) in [4.78, 5) is 10.3. The van der Waals surface area contributed by atoms with Crippen LogP contribution in [0.3, 0.4) is 0 Å². The van der Waals surface area contributed by atoms with Crippen molar-refractivity contribution in [3.8, 4) is 0 Å². The third kappa shape index (κ3) is 2.51. The molecule has 0 aromatic heterocycles. The molecular formula is C9H8BrF2NO2. The van der Waals surface area contributed by atoms with Crippen LogP contribution in [-0.2, 0) is 4.79 Å². The molecule has 0 saturated carbocycles. The summed E-state index contributed by atoms with van der Waals surface area (Å²) in [6, 6.07) is 4.01. The lowest BCUT2D eigenvalue weighted by molar-refractivity contribution is -0.168. The number of benzene rings is 1. The lowest BCUT2D eigenvalue weighted by Crippen LogP contribution is -2.40. The largest absolute Gasteiger partial charge is 0.477 e. The highest BCUT2D eigenvalue weighted by atomic mass is 79.9. The van der Waals surface area contributed by atoms with E-state index in [4.69, 9.17) is 10.8 Å². The highest BCUT2D eigenvalue weighted by molar-refractivity contribution is 9.10. The number of hydrogen-bond acceptors (Lipinski definition) is 2. The molecule has 0 amide bonds. The first-order chi connectivity index (χ1) is 6.85. The van der Waals surface area contributed by atoms with Crippen molar-refractivity contribution in [2.45, 2.75) is 12.0 Å². The van der Waals surface area contributed by atoms with Crippen molar-refractivity contribution < 1.29 is 18.7 Å². The van der Waals surface area contributed by atoms with E-state index in [1.807, 2.05) is 0 Å². The van der Waals surface area contributed by atoms with Crippen LogP contribution in [-0.4, -0.2) is 17.0 Å². The first-order valence-corrected chi connectivity index (χ1v) is 4.77. The Morgan fingerprint density at radius 2 is 2.13 bits per heavy atom. The number of alkyl halides is 2. The Morgan fingerprint density at radius 3 is 2.60 bits per heavy atom. The van der Waals surface area contributed by atoms with Gasteiger partial charge in [0.2, 0.25) is 0 Å². The third-order valence-electron chi connectivity index (χ3n) is 1.88. The van der Waals surface area contributed by atoms with Gasteiger partial charge in [-0.15, -0.1) is 0 Å². The molecule has 0 heterocycles. The molecule has 0 fully saturated rings. The van der Waals surface area contributed by atoms with E-state index in [1.165, 1.54) is 18.2 Å². The van der Waals surface area contributed by atoms with Gasteiger partial charge < -0.3 is 10.8 Å². The summed E-state index contributed by atoms with van der Waals surface area (Å²) in [5.74, 6) is -6.20. The van der Waals surface area contributed by atoms with E-state index in [9.17, 15) is 13.6 Å². The molecule has 6 heteroatoms. The van der Waals surface area contributed by atoms with Gasteiger partial charge >= 0.3 is 11.9 Å². The molecule has 1 aromatic carbocycles. The Morgan fingerprint density at radius 1 is 1.53 bits per heavy atom. The maximum atomic E-state index is 13.0. The van der Waals surface area contributed by atoms with Crippen molar-refractivity contribution in [1.29, 1.82) is 0 Å². The van der Waals surface area contributed by atoms with Gasteiger partial charge in [-0.25, -0.2) is 4.79 Å². The number of carbonyl (C=O) groups is 1. The number of aliphatic carboxylic acids is 1. The van der Waals surface area contributed by atoms with Crippen molar-refractivity contribution >= 4 is 21.9 Å². The average Bonchev–Trinajstić information content (AvgIpc) is 2.16. The van der Waals surface area contributed by atoms with Crippen LogP contribution in [0, 0.1) is 0 Å². The molecule has 0 aliphatic heterocycles. The molecule has 0 bridgehead atoms. The maximum Gasteiger partial charge on any atom is 0.376 e. The van der Waals surface area contributed by atoms with Gasteiger partial charge in [0.05, 0.1) is 0 Å². The van der Waals surface area contributed by atoms with Crippen molar-refractivity contribution in [1.82, 2.24) is 0 Å². The van der Waals surface area contributed by atoms with E-state index < -0.39 is 17.9 Å². The predicted octanol–water partition coefficient (Wildman–Crippen LogP) is 2.17. The van der Waals surface area contributed by atoms with Crippen molar-refractivity contribution in [3.05, 3.63) is 34.3 Å². The zero-order valence-electron chi connectivity index (χ0n) is 7.45. The Labute approximate surface area is 93.0 Å². The first kappa shape index (κ1) is 12.1. The van der Waals surface area contributed by atoms with E-state index >= 15 is 0 Å². The van der Waals surface area contributed by atoms with Crippen LogP contribution in [0.5, 0.6) is 0 Å². The molecule has 82 valence electrons. The summed E-state index contributed by atoms with van der Waals surface area (Å²) < 4.78 is 26.6. The molecule has 0 aliphatic carbocycles. The number of carboxylic acid groups (broad SMARTS) is 1. The fourth-order valence-electron chi connectivity index (χ4n) is 1.04. The highest BCUT2D eigenvalue weighted by Gasteiger charge is 2.46. The molecule has 0 aliphatic rings. The van der Waals surface area contributed by atoms with Gasteiger partial charge in [-0.05, 0) is 17.7 Å². The predicted molar refractivity (Wildman–Crippen MR) is 53.7 cm³/mol. The van der Waals surface area contributed by atoms with Crippen LogP contribution >= 0.6 is 15.9 Å². The van der Waals surface area contributed by atoms with Gasteiger partial charge in [-0.2, -0.15) is 8.78 Å². The molecule has 1 aromatic rings. The summed E-state index contributed by atoms with van der Waals surface area (Å²) in [5.41, 5.74) is 5.26. The van der Waals surface area contributed by atoms with E-state index in [0.29, 0.717) is 4.47 Å². The maximum absolute atomic E-state index is 13.0. The van der Waals surface area contributed by atoms with Crippen LogP contribution in [0.2, 0.25) is 0 Å². The fraction of sp³-hybridized carbons (Fsp3) is 0.222. The summed E-state index contributed by atoms with van der Waals surface area (Å²) >= 11 is 3.09. The third-order valence-corrected chi connectivity index (χ3v) is 2.38. The van der Waals surface area contributed by atoms with Crippen molar-refractivity contribution in [3.63, 3.8) is 0 Å². The van der Waals surface area contributed by atoms with Crippen LogP contribution in [0.25, 0.3) is 0 Å². The molecule has 1 unspecified atom stereocenters. The van der Waals surface area contributed by atoms with Gasteiger partial charge in [-0.1, -0.05) is 28.1 Å². The quantitative estimate of drug-likeness (QED) is 0.891. The Hall–Kier alpha value is -1.01. The lowest BCUT2D eigenvalue weighted by Gasteiger charge is -2.19. The number of rotatable bonds is 3. The second-order valence-corrected chi connectivity index (χ2v) is 3.88. The molecule has 3 N–H and O–H groups in total. The zero-order valence-corrected chi connectivity index (χ0v) is 9.04. The molecular weight excluding hydrogens is 272 g/mol. The van der Waals surface area contributed by atoms with E-state index in [2.05, 4.69) is 15.9 Å². The SMILES string of the molecule is NC(c1cccc(Br)c1)C(F)(F)C(=O)O. The Balaban J connectivity index is 3.04. The topological polar surface area (TPSA) is 63.3 Å². The minimum absolute atomic E-state index is 0.0665. The zero-order chi connectivity index (χ0) is 11.6. The first-order valence-electron chi connectivity index (χ1n) is 3.98. The fourth-order valence-corrected chi connectivity index (χ4v) is 1.46. The summed E-state index contributed by atoms with van der Waals surface area (Å²) in [6.07, 6.45) is 0. The molecule has 3 nitrogen and oxygen atoms in total. The Bertz CT molecular complexity index is 384. The Kier molecular flexibility index (Phi) is 3.41. The average molecular weight is 280 g/mol. The monoisotopic (exact) mass is 279 g/mol. The van der Waals surface area contributed by atoms with Gasteiger partial charge in [0.25, 0.3) is 0 Å². The molecule has 0 saturated heterocycles. The number of carboxylic acids is 1. The van der Waals surface area contributed by atoms with Crippen LogP contribution < -0.4 is 5.73 Å². The molecule has 15 heavy (non-hydrogen) atoms. The summed E-state index contributed by atoms with van der Waals surface area (Å²) in [6.45, 7) is 0. The molecule has 1 rings (SSSR count). The van der Waals surface area contributed by atoms with E-state index in [0.717, 1.165) is 0 Å². The summed E-state index contributed by atoms with van der Waals surface area (Å²) in [7, 11) is 0. The van der Waals surface area contributed by atoms with E-state index in [1.54, 1.807) is 6.07 Å². The van der Waals surface area contributed by atoms with Crippen LogP contribution in [0.1, 0.15) is 11.6 Å². The molecule has 0 radical (unpaired) electrons. The van der Waals surface area contributed by atoms with Crippen molar-refractivity contribution in [2.75, 3.05) is 0 Å².